The molecule has 1 unspecified atom stereocenters. The highest BCUT2D eigenvalue weighted by molar-refractivity contribution is 7.89. The van der Waals surface area contributed by atoms with Crippen molar-refractivity contribution < 1.29 is 13.3 Å². The van der Waals surface area contributed by atoms with Crippen LogP contribution < -0.4 is 10.5 Å². The van der Waals surface area contributed by atoms with Crippen LogP contribution in [-0.4, -0.2) is 25.9 Å². The van der Waals surface area contributed by atoms with Gasteiger partial charge in [0, 0.05) is 18.7 Å². The van der Waals surface area contributed by atoms with E-state index in [2.05, 4.69) is 4.72 Å². The van der Waals surface area contributed by atoms with Gasteiger partial charge in [0.25, 0.3) is 5.69 Å². The molecule has 1 aromatic carbocycles. The minimum Gasteiger partial charge on any atom is -0.329 e. The van der Waals surface area contributed by atoms with Crippen LogP contribution in [0.3, 0.4) is 0 Å². The van der Waals surface area contributed by atoms with E-state index in [0.717, 1.165) is 0 Å². The van der Waals surface area contributed by atoms with E-state index in [9.17, 15) is 18.5 Å². The molecule has 0 heterocycles. The summed E-state index contributed by atoms with van der Waals surface area (Å²) in [6.07, 6.45) is 0. The Labute approximate surface area is 131 Å². The molecule has 0 saturated heterocycles. The molecule has 0 bridgehead atoms. The Morgan fingerprint density at radius 2 is 1.77 bits per heavy atom. The third kappa shape index (κ3) is 4.02. The summed E-state index contributed by atoms with van der Waals surface area (Å²) in [6, 6.07) is 2.07. The van der Waals surface area contributed by atoms with Gasteiger partial charge in [0.05, 0.1) is 4.92 Å². The lowest BCUT2D eigenvalue weighted by molar-refractivity contribution is -0.387. The lowest BCUT2D eigenvalue weighted by atomic mass is 9.88. The maximum atomic E-state index is 12.6. The molecule has 22 heavy (non-hydrogen) atoms. The van der Waals surface area contributed by atoms with Gasteiger partial charge in [-0.25, -0.2) is 13.1 Å². The lowest BCUT2D eigenvalue weighted by Crippen LogP contribution is -2.48. The third-order valence-electron chi connectivity index (χ3n) is 3.64. The number of benzene rings is 1. The van der Waals surface area contributed by atoms with Crippen LogP contribution in [-0.2, 0) is 10.0 Å². The van der Waals surface area contributed by atoms with Crippen molar-refractivity contribution in [1.29, 1.82) is 0 Å². The van der Waals surface area contributed by atoms with Crippen LogP contribution in [0.4, 0.5) is 5.69 Å². The van der Waals surface area contributed by atoms with Gasteiger partial charge < -0.3 is 5.73 Å². The fourth-order valence-corrected chi connectivity index (χ4v) is 3.65. The number of aryl methyl sites for hydroxylation is 2. The van der Waals surface area contributed by atoms with Crippen molar-refractivity contribution in [2.75, 3.05) is 6.54 Å². The van der Waals surface area contributed by atoms with E-state index in [0.29, 0.717) is 11.1 Å². The first kappa shape index (κ1) is 18.5. The molecular formula is C14H23N3O4S. The summed E-state index contributed by atoms with van der Waals surface area (Å²) in [5.74, 6) is 0. The molecule has 0 aliphatic heterocycles. The van der Waals surface area contributed by atoms with Crippen molar-refractivity contribution in [2.45, 2.75) is 45.6 Å². The zero-order chi connectivity index (χ0) is 17.3. The van der Waals surface area contributed by atoms with Crippen molar-refractivity contribution in [3.8, 4) is 0 Å². The maximum absolute atomic E-state index is 12.6. The fourth-order valence-electron chi connectivity index (χ4n) is 1.96. The Morgan fingerprint density at radius 3 is 2.18 bits per heavy atom. The number of hydrogen-bond acceptors (Lipinski definition) is 5. The number of sulfonamides is 1. The average Bonchev–Trinajstić information content (AvgIpc) is 2.37. The quantitative estimate of drug-likeness (QED) is 0.632. The molecule has 1 rings (SSSR count). The smallest absolute Gasteiger partial charge is 0.289 e. The molecule has 0 spiro atoms. The summed E-state index contributed by atoms with van der Waals surface area (Å²) in [7, 11) is -4.04. The second-order valence-electron chi connectivity index (χ2n) is 6.44. The predicted octanol–water partition coefficient (Wildman–Crippen LogP) is 1.86. The molecule has 1 atom stereocenters. The van der Waals surface area contributed by atoms with Crippen molar-refractivity contribution in [3.05, 3.63) is 33.4 Å². The summed E-state index contributed by atoms with van der Waals surface area (Å²) in [5, 5.41) is 11.2. The summed E-state index contributed by atoms with van der Waals surface area (Å²) >= 11 is 0. The first-order chi connectivity index (χ1) is 9.90. The molecule has 124 valence electrons. The molecular weight excluding hydrogens is 306 g/mol. The van der Waals surface area contributed by atoms with E-state index >= 15 is 0 Å². The number of nitro benzene ring substituents is 1. The van der Waals surface area contributed by atoms with Crippen LogP contribution in [0.15, 0.2) is 17.0 Å². The molecule has 0 aliphatic carbocycles. The number of hydrogen-bond donors (Lipinski definition) is 2. The molecule has 0 radical (unpaired) electrons. The molecule has 0 fully saturated rings. The van der Waals surface area contributed by atoms with Crippen molar-refractivity contribution in [2.24, 2.45) is 11.1 Å². The van der Waals surface area contributed by atoms with Gasteiger partial charge in [0.1, 0.15) is 0 Å². The molecule has 8 heteroatoms. The summed E-state index contributed by atoms with van der Waals surface area (Å²) in [4.78, 5) is 10.2. The molecule has 0 aliphatic rings. The topological polar surface area (TPSA) is 115 Å². The monoisotopic (exact) mass is 329 g/mol. The molecule has 7 nitrogen and oxygen atoms in total. The van der Waals surface area contributed by atoms with Crippen LogP contribution in [0.2, 0.25) is 0 Å². The van der Waals surface area contributed by atoms with Gasteiger partial charge in [-0.2, -0.15) is 0 Å². The molecule has 0 saturated carbocycles. The largest absolute Gasteiger partial charge is 0.329 e. The van der Waals surface area contributed by atoms with Gasteiger partial charge in [-0.15, -0.1) is 0 Å². The van der Waals surface area contributed by atoms with E-state index in [1.54, 1.807) is 13.8 Å². The summed E-state index contributed by atoms with van der Waals surface area (Å²) < 4.78 is 27.6. The van der Waals surface area contributed by atoms with Crippen molar-refractivity contribution >= 4 is 15.7 Å². The van der Waals surface area contributed by atoms with Gasteiger partial charge in [0.2, 0.25) is 10.0 Å². The van der Waals surface area contributed by atoms with E-state index in [-0.39, 0.29) is 11.4 Å². The second-order valence-corrected chi connectivity index (χ2v) is 8.12. The van der Waals surface area contributed by atoms with Crippen LogP contribution in [0.1, 0.15) is 31.9 Å². The Bertz CT molecular complexity index is 678. The van der Waals surface area contributed by atoms with Crippen LogP contribution >= 0.6 is 0 Å². The molecule has 1 aromatic rings. The summed E-state index contributed by atoms with van der Waals surface area (Å²) in [5.41, 5.74) is 6.13. The fraction of sp³-hybridized carbons (Fsp3) is 0.571. The maximum Gasteiger partial charge on any atom is 0.289 e. The second kappa shape index (κ2) is 6.31. The zero-order valence-corrected chi connectivity index (χ0v) is 14.3. The summed E-state index contributed by atoms with van der Waals surface area (Å²) in [6.45, 7) is 9.05. The Balaban J connectivity index is 3.40. The first-order valence-electron chi connectivity index (χ1n) is 6.88. The van der Waals surface area contributed by atoms with E-state index in [4.69, 9.17) is 5.73 Å². The Morgan fingerprint density at radius 1 is 1.27 bits per heavy atom. The highest BCUT2D eigenvalue weighted by atomic mass is 32.2. The molecule has 0 aromatic heterocycles. The Kier molecular flexibility index (Phi) is 5.32. The number of nitro groups is 1. The highest BCUT2D eigenvalue weighted by Crippen LogP contribution is 2.28. The number of nitrogens with one attached hydrogen (secondary N) is 1. The average molecular weight is 329 g/mol. The van der Waals surface area contributed by atoms with Crippen LogP contribution in [0.25, 0.3) is 0 Å². The van der Waals surface area contributed by atoms with Gasteiger partial charge >= 0.3 is 0 Å². The highest BCUT2D eigenvalue weighted by Gasteiger charge is 2.32. The van der Waals surface area contributed by atoms with Crippen molar-refractivity contribution in [1.82, 2.24) is 4.72 Å². The molecule has 0 amide bonds. The normalized spacial score (nSPS) is 13.9. The number of nitrogens with zero attached hydrogens (tertiary/aromatic N) is 1. The SMILES string of the molecule is Cc1cc([N+](=O)[O-])c(S(=O)(=O)NC(CN)C(C)(C)C)cc1C. The number of rotatable bonds is 5. The van der Waals surface area contributed by atoms with E-state index in [1.165, 1.54) is 12.1 Å². The zero-order valence-electron chi connectivity index (χ0n) is 13.5. The molecule has 3 N–H and O–H groups in total. The van der Waals surface area contributed by atoms with E-state index < -0.39 is 32.1 Å². The van der Waals surface area contributed by atoms with E-state index in [1.807, 2.05) is 20.8 Å². The third-order valence-corrected chi connectivity index (χ3v) is 5.14. The minimum atomic E-state index is -4.04. The standard InChI is InChI=1S/C14H23N3O4S/c1-9-6-11(17(18)19)12(7-10(9)2)22(20,21)16-13(8-15)14(3,4)5/h6-7,13,16H,8,15H2,1-5H3. The minimum absolute atomic E-state index is 0.0986. The van der Waals surface area contributed by atoms with Gasteiger partial charge in [-0.1, -0.05) is 20.8 Å². The first-order valence-corrected chi connectivity index (χ1v) is 8.36. The van der Waals surface area contributed by atoms with Gasteiger partial charge in [0.15, 0.2) is 4.90 Å². The van der Waals surface area contributed by atoms with Crippen molar-refractivity contribution in [3.63, 3.8) is 0 Å². The van der Waals surface area contributed by atoms with Crippen LogP contribution in [0.5, 0.6) is 0 Å². The predicted molar refractivity (Wildman–Crippen MR) is 85.2 cm³/mol. The lowest BCUT2D eigenvalue weighted by Gasteiger charge is -2.30. The number of nitrogens with two attached hydrogens (primary N) is 1. The van der Waals surface area contributed by atoms with Gasteiger partial charge in [-0.05, 0) is 36.5 Å². The van der Waals surface area contributed by atoms with Gasteiger partial charge in [-0.3, -0.25) is 10.1 Å². The Hall–Kier alpha value is -1.51. The van der Waals surface area contributed by atoms with Crippen LogP contribution in [0, 0.1) is 29.4 Å².